The van der Waals surface area contributed by atoms with Crippen LogP contribution in [0.2, 0.25) is 0 Å². The van der Waals surface area contributed by atoms with E-state index in [1.165, 1.54) is 0 Å². The van der Waals surface area contributed by atoms with Crippen molar-refractivity contribution < 1.29 is 19.3 Å². The Kier molecular flexibility index (Phi) is 9.71. The zero-order chi connectivity index (χ0) is 21.4. The number of rotatable bonds is 10. The minimum absolute atomic E-state index is 0.0255. The van der Waals surface area contributed by atoms with E-state index in [1.54, 1.807) is 18.0 Å². The molecule has 1 aromatic rings. The summed E-state index contributed by atoms with van der Waals surface area (Å²) in [4.78, 5) is 3.25. The standard InChI is InChI=1S/C21H34FN3O3S/c1-14-10-17(11-20(26)28-14)25(2)9-8-16(23)13-24-19(12-22)21(27)15-4-6-18(29-3)7-5-15/h4-7,13-14,17,19-21,24,26-27H,8-12,23H2,1-3H3/b16-13-. The first-order valence-electron chi connectivity index (χ1n) is 9.96. The van der Waals surface area contributed by atoms with E-state index in [-0.39, 0.29) is 12.1 Å². The minimum atomic E-state index is -0.965. The topological polar surface area (TPSA) is 91.0 Å². The van der Waals surface area contributed by atoms with Crippen molar-refractivity contribution in [2.45, 2.75) is 61.7 Å². The summed E-state index contributed by atoms with van der Waals surface area (Å²) in [7, 11) is 2.00. The van der Waals surface area contributed by atoms with Crippen molar-refractivity contribution in [3.8, 4) is 0 Å². The van der Waals surface area contributed by atoms with Crippen molar-refractivity contribution in [3.63, 3.8) is 0 Å². The van der Waals surface area contributed by atoms with Gasteiger partial charge in [0.15, 0.2) is 6.29 Å². The van der Waals surface area contributed by atoms with E-state index in [0.29, 0.717) is 30.6 Å². The highest BCUT2D eigenvalue weighted by molar-refractivity contribution is 7.98. The van der Waals surface area contributed by atoms with Gasteiger partial charge in [0.05, 0.1) is 12.1 Å². The Morgan fingerprint density at radius 3 is 2.69 bits per heavy atom. The Bertz CT molecular complexity index is 637. The molecule has 1 aliphatic rings. The molecular formula is C21H34FN3O3S. The number of thioether (sulfide) groups is 1. The lowest BCUT2D eigenvalue weighted by atomic mass is 10.0. The number of benzene rings is 1. The zero-order valence-corrected chi connectivity index (χ0v) is 18.2. The molecule has 6 nitrogen and oxygen atoms in total. The second-order valence-electron chi connectivity index (χ2n) is 7.62. The fourth-order valence-electron chi connectivity index (χ4n) is 3.48. The molecule has 0 saturated carbocycles. The molecule has 1 fully saturated rings. The number of aliphatic hydroxyl groups excluding tert-OH is 2. The molecule has 5 atom stereocenters. The summed E-state index contributed by atoms with van der Waals surface area (Å²) in [6, 6.07) is 6.91. The van der Waals surface area contributed by atoms with E-state index in [9.17, 15) is 14.6 Å². The van der Waals surface area contributed by atoms with Gasteiger partial charge in [-0.05, 0) is 44.3 Å². The van der Waals surface area contributed by atoms with Crippen LogP contribution in [0.15, 0.2) is 41.1 Å². The van der Waals surface area contributed by atoms with Crippen LogP contribution in [-0.4, -0.2) is 66.1 Å². The van der Waals surface area contributed by atoms with Crippen LogP contribution >= 0.6 is 11.8 Å². The molecule has 1 heterocycles. The summed E-state index contributed by atoms with van der Waals surface area (Å²) in [5.74, 6) is 0. The van der Waals surface area contributed by atoms with Crippen LogP contribution in [-0.2, 0) is 4.74 Å². The summed E-state index contributed by atoms with van der Waals surface area (Å²) in [6.45, 7) is 1.96. The molecule has 0 radical (unpaired) electrons. The predicted molar refractivity (Wildman–Crippen MR) is 115 cm³/mol. The van der Waals surface area contributed by atoms with Crippen LogP contribution in [0.3, 0.4) is 0 Å². The molecule has 164 valence electrons. The van der Waals surface area contributed by atoms with E-state index in [1.807, 2.05) is 44.5 Å². The third-order valence-electron chi connectivity index (χ3n) is 5.33. The Hall–Kier alpha value is -1.32. The number of ether oxygens (including phenoxy) is 1. The van der Waals surface area contributed by atoms with Gasteiger partial charge < -0.3 is 30.9 Å². The Morgan fingerprint density at radius 1 is 1.41 bits per heavy atom. The fraction of sp³-hybridized carbons (Fsp3) is 0.619. The van der Waals surface area contributed by atoms with Crippen molar-refractivity contribution in [1.82, 2.24) is 10.2 Å². The number of nitrogens with zero attached hydrogens (tertiary/aromatic N) is 1. The zero-order valence-electron chi connectivity index (χ0n) is 17.4. The van der Waals surface area contributed by atoms with Gasteiger partial charge in [-0.1, -0.05) is 12.1 Å². The highest BCUT2D eigenvalue weighted by atomic mass is 32.2. The lowest BCUT2D eigenvalue weighted by molar-refractivity contribution is -0.173. The van der Waals surface area contributed by atoms with Gasteiger partial charge in [-0.15, -0.1) is 11.8 Å². The number of hydrogen-bond acceptors (Lipinski definition) is 7. The van der Waals surface area contributed by atoms with Gasteiger partial charge in [0.25, 0.3) is 0 Å². The summed E-state index contributed by atoms with van der Waals surface area (Å²) < 4.78 is 18.8. The lowest BCUT2D eigenvalue weighted by Gasteiger charge is -2.36. The van der Waals surface area contributed by atoms with Crippen LogP contribution in [0.4, 0.5) is 4.39 Å². The average Bonchev–Trinajstić information content (AvgIpc) is 2.71. The van der Waals surface area contributed by atoms with E-state index >= 15 is 0 Å². The highest BCUT2D eigenvalue weighted by Gasteiger charge is 2.28. The van der Waals surface area contributed by atoms with Crippen molar-refractivity contribution in [2.24, 2.45) is 5.73 Å². The molecule has 5 N–H and O–H groups in total. The summed E-state index contributed by atoms with van der Waals surface area (Å²) in [6.07, 6.45) is 3.94. The Morgan fingerprint density at radius 2 is 2.10 bits per heavy atom. The van der Waals surface area contributed by atoms with Crippen molar-refractivity contribution in [3.05, 3.63) is 41.7 Å². The van der Waals surface area contributed by atoms with E-state index in [0.717, 1.165) is 11.3 Å². The molecule has 1 saturated heterocycles. The second-order valence-corrected chi connectivity index (χ2v) is 8.50. The monoisotopic (exact) mass is 427 g/mol. The third kappa shape index (κ3) is 7.46. The quantitative estimate of drug-likeness (QED) is 0.426. The van der Waals surface area contributed by atoms with Crippen LogP contribution in [0.1, 0.15) is 37.9 Å². The maximum atomic E-state index is 13.5. The smallest absolute Gasteiger partial charge is 0.156 e. The lowest BCUT2D eigenvalue weighted by Crippen LogP contribution is -2.43. The van der Waals surface area contributed by atoms with E-state index in [2.05, 4.69) is 10.2 Å². The normalized spacial score (nSPS) is 25.1. The first-order valence-corrected chi connectivity index (χ1v) is 11.2. The molecule has 1 aliphatic heterocycles. The molecule has 8 heteroatoms. The summed E-state index contributed by atoms with van der Waals surface area (Å²) in [5.41, 5.74) is 7.32. The molecule has 29 heavy (non-hydrogen) atoms. The van der Waals surface area contributed by atoms with Gasteiger partial charge in [0.1, 0.15) is 12.8 Å². The van der Waals surface area contributed by atoms with Crippen LogP contribution in [0, 0.1) is 0 Å². The number of alkyl halides is 1. The van der Waals surface area contributed by atoms with Gasteiger partial charge in [-0.2, -0.15) is 0 Å². The molecule has 0 aliphatic carbocycles. The molecule has 0 spiro atoms. The molecule has 1 aromatic carbocycles. The number of hydrogen-bond donors (Lipinski definition) is 4. The number of aliphatic hydroxyl groups is 2. The maximum Gasteiger partial charge on any atom is 0.156 e. The molecule has 2 rings (SSSR count). The number of nitrogens with two attached hydrogens (primary N) is 1. The molecule has 5 unspecified atom stereocenters. The molecular weight excluding hydrogens is 393 g/mol. The molecule has 0 bridgehead atoms. The highest BCUT2D eigenvalue weighted by Crippen LogP contribution is 2.23. The van der Waals surface area contributed by atoms with E-state index < -0.39 is 25.1 Å². The SMILES string of the molecule is CSc1ccc(C(O)C(CF)N/C=C(\N)CCN(C)C2CC(C)OC(O)C2)cc1. The van der Waals surface area contributed by atoms with Gasteiger partial charge in [-0.25, -0.2) is 4.39 Å². The van der Waals surface area contributed by atoms with Gasteiger partial charge in [0, 0.05) is 42.2 Å². The largest absolute Gasteiger partial charge is 0.401 e. The summed E-state index contributed by atoms with van der Waals surface area (Å²) in [5, 5.41) is 23.2. The molecule has 0 amide bonds. The second kappa shape index (κ2) is 11.8. The third-order valence-corrected chi connectivity index (χ3v) is 6.07. The first kappa shape index (κ1) is 24.0. The predicted octanol–water partition coefficient (Wildman–Crippen LogP) is 2.38. The van der Waals surface area contributed by atoms with E-state index in [4.69, 9.17) is 10.5 Å². The van der Waals surface area contributed by atoms with Crippen molar-refractivity contribution >= 4 is 11.8 Å². The van der Waals surface area contributed by atoms with Gasteiger partial charge >= 0.3 is 0 Å². The Labute approximate surface area is 177 Å². The number of nitrogens with one attached hydrogen (secondary N) is 1. The maximum absolute atomic E-state index is 13.5. The van der Waals surface area contributed by atoms with Crippen LogP contribution in [0.25, 0.3) is 0 Å². The minimum Gasteiger partial charge on any atom is -0.401 e. The van der Waals surface area contributed by atoms with Crippen molar-refractivity contribution in [1.29, 1.82) is 0 Å². The Balaban J connectivity index is 1.84. The van der Waals surface area contributed by atoms with Crippen LogP contribution < -0.4 is 11.1 Å². The van der Waals surface area contributed by atoms with Gasteiger partial charge in [-0.3, -0.25) is 0 Å². The number of halogens is 1. The van der Waals surface area contributed by atoms with Crippen molar-refractivity contribution in [2.75, 3.05) is 26.5 Å². The fourth-order valence-corrected chi connectivity index (χ4v) is 3.89. The van der Waals surface area contributed by atoms with Gasteiger partial charge in [0.2, 0.25) is 0 Å². The first-order chi connectivity index (χ1) is 13.8. The summed E-state index contributed by atoms with van der Waals surface area (Å²) >= 11 is 1.61. The average molecular weight is 428 g/mol. The van der Waals surface area contributed by atoms with Crippen LogP contribution in [0.5, 0.6) is 0 Å². The molecule has 0 aromatic heterocycles.